The highest BCUT2D eigenvalue weighted by atomic mass is 32.1. The highest BCUT2D eigenvalue weighted by Gasteiger charge is 1.94. The summed E-state index contributed by atoms with van der Waals surface area (Å²) in [6.07, 6.45) is 2.41. The van der Waals surface area contributed by atoms with E-state index in [1.807, 2.05) is 18.3 Å². The fraction of sp³-hybridized carbons (Fsp3) is 0.400. The molecule has 1 aromatic heterocycles. The van der Waals surface area contributed by atoms with Gasteiger partial charge >= 0.3 is 0 Å². The zero-order chi connectivity index (χ0) is 8.10. The molecule has 1 aromatic rings. The van der Waals surface area contributed by atoms with Gasteiger partial charge in [0.15, 0.2) is 0 Å². The van der Waals surface area contributed by atoms with Crippen LogP contribution in [0.1, 0.15) is 30.0 Å². The van der Waals surface area contributed by atoms with Crippen LogP contribution in [0.2, 0.25) is 0 Å². The lowest BCUT2D eigenvalue weighted by Crippen LogP contribution is -1.71. The van der Waals surface area contributed by atoms with E-state index in [4.69, 9.17) is 0 Å². The van der Waals surface area contributed by atoms with Crippen molar-refractivity contribution in [2.45, 2.75) is 26.7 Å². The fourth-order valence-electron chi connectivity index (χ4n) is 0.949. The van der Waals surface area contributed by atoms with E-state index in [2.05, 4.69) is 30.9 Å². The predicted octanol–water partition coefficient (Wildman–Crippen LogP) is 3.07. The normalized spacial score (nSPS) is 8.91. The molecular weight excluding hydrogens is 152 g/mol. The van der Waals surface area contributed by atoms with Crippen LogP contribution in [0.15, 0.2) is 12.1 Å². The highest BCUT2D eigenvalue weighted by molar-refractivity contribution is 7.12. The second kappa shape index (κ2) is 4.20. The van der Waals surface area contributed by atoms with Crippen LogP contribution in [0.3, 0.4) is 0 Å². The number of thiophene rings is 1. The molecule has 0 radical (unpaired) electrons. The maximum atomic E-state index is 3.05. The van der Waals surface area contributed by atoms with Crippen molar-refractivity contribution in [3.63, 3.8) is 0 Å². The van der Waals surface area contributed by atoms with Gasteiger partial charge < -0.3 is 0 Å². The predicted molar refractivity (Wildman–Crippen MR) is 50.9 cm³/mol. The molecule has 0 unspecified atom stereocenters. The van der Waals surface area contributed by atoms with Crippen molar-refractivity contribution in [3.8, 4) is 11.8 Å². The molecule has 0 saturated heterocycles. The van der Waals surface area contributed by atoms with Crippen LogP contribution >= 0.6 is 11.3 Å². The maximum Gasteiger partial charge on any atom is 0.0771 e. The first-order valence-electron chi connectivity index (χ1n) is 3.88. The molecule has 1 heterocycles. The van der Waals surface area contributed by atoms with Gasteiger partial charge in [0.25, 0.3) is 0 Å². The third kappa shape index (κ3) is 2.40. The molecule has 0 saturated carbocycles. The largest absolute Gasteiger partial charge is 0.132 e. The molecule has 0 bridgehead atoms. The quantitative estimate of drug-likeness (QED) is 0.589. The molecular formula is C10H12S. The minimum absolute atomic E-state index is 1.19. The van der Waals surface area contributed by atoms with Gasteiger partial charge in [-0.15, -0.1) is 17.3 Å². The van der Waals surface area contributed by atoms with E-state index < -0.39 is 0 Å². The van der Waals surface area contributed by atoms with E-state index in [-0.39, 0.29) is 0 Å². The molecule has 0 atom stereocenters. The summed E-state index contributed by atoms with van der Waals surface area (Å²) < 4.78 is 0. The second-order valence-corrected chi connectivity index (χ2v) is 3.56. The maximum absolute atomic E-state index is 3.05. The van der Waals surface area contributed by atoms with E-state index in [0.29, 0.717) is 0 Å². The van der Waals surface area contributed by atoms with E-state index in [0.717, 1.165) is 0 Å². The molecule has 1 heteroatoms. The lowest BCUT2D eigenvalue weighted by Gasteiger charge is -1.86. The number of aryl methyl sites for hydroxylation is 1. The minimum atomic E-state index is 1.19. The van der Waals surface area contributed by atoms with E-state index in [9.17, 15) is 0 Å². The Bertz CT molecular complexity index is 273. The summed E-state index contributed by atoms with van der Waals surface area (Å²) in [6.45, 7) is 4.07. The Hall–Kier alpha value is -0.740. The van der Waals surface area contributed by atoms with Crippen LogP contribution in [0, 0.1) is 11.8 Å². The van der Waals surface area contributed by atoms with Crippen molar-refractivity contribution in [1.82, 2.24) is 0 Å². The van der Waals surface area contributed by atoms with Crippen LogP contribution in [0.4, 0.5) is 0 Å². The summed E-state index contributed by atoms with van der Waals surface area (Å²) in [5.41, 5.74) is 0. The summed E-state index contributed by atoms with van der Waals surface area (Å²) in [5.74, 6) is 5.95. The van der Waals surface area contributed by atoms with Gasteiger partial charge in [-0.2, -0.15) is 0 Å². The van der Waals surface area contributed by atoms with Gasteiger partial charge in [-0.1, -0.05) is 19.3 Å². The standard InChI is InChI=1S/C10H12S/c1-3-5-9-7-8-10(11-9)6-4-2/h7-8H,3,5H2,1-2H3. The average Bonchev–Trinajstić information content (AvgIpc) is 2.38. The summed E-state index contributed by atoms with van der Waals surface area (Å²) >= 11 is 1.81. The third-order valence-electron chi connectivity index (χ3n) is 1.41. The summed E-state index contributed by atoms with van der Waals surface area (Å²) in [5, 5.41) is 0. The van der Waals surface area contributed by atoms with Crippen LogP contribution in [0.5, 0.6) is 0 Å². The average molecular weight is 164 g/mol. The molecule has 0 aliphatic heterocycles. The van der Waals surface area contributed by atoms with Crippen molar-refractivity contribution in [1.29, 1.82) is 0 Å². The minimum Gasteiger partial charge on any atom is -0.132 e. The molecule has 0 N–H and O–H groups in total. The molecule has 58 valence electrons. The number of hydrogen-bond acceptors (Lipinski definition) is 1. The zero-order valence-corrected chi connectivity index (χ0v) is 7.79. The van der Waals surface area contributed by atoms with Gasteiger partial charge in [-0.25, -0.2) is 0 Å². The van der Waals surface area contributed by atoms with Gasteiger partial charge in [0, 0.05) is 4.88 Å². The molecule has 0 aliphatic carbocycles. The summed E-state index contributed by atoms with van der Waals surface area (Å²) in [7, 11) is 0. The van der Waals surface area contributed by atoms with Gasteiger partial charge in [-0.3, -0.25) is 0 Å². The summed E-state index contributed by atoms with van der Waals surface area (Å²) in [6, 6.07) is 4.28. The van der Waals surface area contributed by atoms with Crippen molar-refractivity contribution in [3.05, 3.63) is 21.9 Å². The van der Waals surface area contributed by atoms with Crippen molar-refractivity contribution < 1.29 is 0 Å². The third-order valence-corrected chi connectivity index (χ3v) is 2.47. The van der Waals surface area contributed by atoms with Crippen molar-refractivity contribution in [2.75, 3.05) is 0 Å². The Morgan fingerprint density at radius 2 is 2.27 bits per heavy atom. The monoisotopic (exact) mass is 164 g/mol. The summed E-state index contributed by atoms with van der Waals surface area (Å²) in [4.78, 5) is 2.64. The van der Waals surface area contributed by atoms with Crippen molar-refractivity contribution >= 4 is 11.3 Å². The molecule has 0 nitrogen and oxygen atoms in total. The van der Waals surface area contributed by atoms with Crippen LogP contribution in [-0.4, -0.2) is 0 Å². The molecule has 0 aromatic carbocycles. The first kappa shape index (κ1) is 8.36. The van der Waals surface area contributed by atoms with E-state index in [1.165, 1.54) is 22.6 Å². The molecule has 0 fully saturated rings. The Balaban J connectivity index is 2.70. The molecule has 0 spiro atoms. The van der Waals surface area contributed by atoms with Gasteiger partial charge in [0.2, 0.25) is 0 Å². The number of hydrogen-bond donors (Lipinski definition) is 0. The fourth-order valence-corrected chi connectivity index (χ4v) is 1.96. The van der Waals surface area contributed by atoms with Crippen LogP contribution in [0.25, 0.3) is 0 Å². The Labute approximate surface area is 72.3 Å². The topological polar surface area (TPSA) is 0 Å². The van der Waals surface area contributed by atoms with Crippen LogP contribution in [-0.2, 0) is 6.42 Å². The van der Waals surface area contributed by atoms with E-state index >= 15 is 0 Å². The molecule has 0 amide bonds. The second-order valence-electron chi connectivity index (χ2n) is 2.39. The lowest BCUT2D eigenvalue weighted by atomic mass is 10.3. The van der Waals surface area contributed by atoms with Crippen molar-refractivity contribution in [2.24, 2.45) is 0 Å². The Morgan fingerprint density at radius 1 is 1.45 bits per heavy atom. The first-order chi connectivity index (χ1) is 5.36. The van der Waals surface area contributed by atoms with Gasteiger partial charge in [0.05, 0.1) is 4.88 Å². The SMILES string of the molecule is CC#Cc1ccc(CCC)s1. The zero-order valence-electron chi connectivity index (χ0n) is 6.98. The highest BCUT2D eigenvalue weighted by Crippen LogP contribution is 2.16. The number of rotatable bonds is 2. The smallest absolute Gasteiger partial charge is 0.0771 e. The molecule has 1 rings (SSSR count). The van der Waals surface area contributed by atoms with Gasteiger partial charge in [-0.05, 0) is 25.5 Å². The Morgan fingerprint density at radius 3 is 2.91 bits per heavy atom. The molecule has 11 heavy (non-hydrogen) atoms. The van der Waals surface area contributed by atoms with Gasteiger partial charge in [0.1, 0.15) is 0 Å². The first-order valence-corrected chi connectivity index (χ1v) is 4.70. The lowest BCUT2D eigenvalue weighted by molar-refractivity contribution is 0.940. The van der Waals surface area contributed by atoms with Crippen LogP contribution < -0.4 is 0 Å². The molecule has 0 aliphatic rings. The van der Waals surface area contributed by atoms with E-state index in [1.54, 1.807) is 0 Å². The Kier molecular flexibility index (Phi) is 3.19.